The molecule has 6 nitrogen and oxygen atoms in total. The Hall–Kier alpha value is -3.03. The summed E-state index contributed by atoms with van der Waals surface area (Å²) in [6, 6.07) is 21.0. The molecular weight excluding hydrogens is 514 g/mol. The summed E-state index contributed by atoms with van der Waals surface area (Å²) in [5, 5.41) is 4.32. The van der Waals surface area contributed by atoms with E-state index >= 15 is 0 Å². The van der Waals surface area contributed by atoms with E-state index in [1.54, 1.807) is 0 Å². The highest BCUT2D eigenvalue weighted by Crippen LogP contribution is 2.47. The minimum absolute atomic E-state index is 0.148. The molecule has 0 unspecified atom stereocenters. The molecule has 3 aliphatic rings. The van der Waals surface area contributed by atoms with Crippen LogP contribution in [-0.4, -0.2) is 43.4 Å². The van der Waals surface area contributed by atoms with E-state index in [1.807, 2.05) is 12.1 Å². The maximum Gasteiger partial charge on any atom is 0.494 e. The normalized spacial score (nSPS) is 21.8. The Balaban J connectivity index is 1.34. The molecule has 7 rings (SSSR count). The second-order valence-electron chi connectivity index (χ2n) is 13.4. The summed E-state index contributed by atoms with van der Waals surface area (Å²) < 4.78 is 37.6. The van der Waals surface area contributed by atoms with E-state index in [2.05, 4.69) is 104 Å². The molecule has 0 spiro atoms. The van der Waals surface area contributed by atoms with Gasteiger partial charge in [-0.15, -0.1) is 0 Å². The Morgan fingerprint density at radius 2 is 0.854 bits per heavy atom. The Labute approximate surface area is 242 Å². The van der Waals surface area contributed by atoms with E-state index in [4.69, 9.17) is 28.1 Å². The lowest BCUT2D eigenvalue weighted by atomic mass is 9.77. The van der Waals surface area contributed by atoms with Crippen LogP contribution in [-0.2, 0) is 18.6 Å². The van der Waals surface area contributed by atoms with Gasteiger partial charge in [0.25, 0.3) is 0 Å². The first-order valence-electron chi connectivity index (χ1n) is 14.4. The summed E-state index contributed by atoms with van der Waals surface area (Å²) in [5.74, 6) is 1.59. The first-order chi connectivity index (χ1) is 19.3. The number of fused-ring (bicyclic) bond motifs is 7. The van der Waals surface area contributed by atoms with Crippen LogP contribution in [0.5, 0.6) is 11.5 Å². The third-order valence-corrected chi connectivity index (χ3v) is 9.74. The molecule has 0 amide bonds. The Morgan fingerprint density at radius 3 is 1.22 bits per heavy atom. The van der Waals surface area contributed by atoms with Crippen LogP contribution in [0, 0.1) is 0 Å². The molecule has 8 heteroatoms. The molecule has 4 aromatic rings. The van der Waals surface area contributed by atoms with Crippen LogP contribution in [0.3, 0.4) is 0 Å². The molecule has 41 heavy (non-hydrogen) atoms. The van der Waals surface area contributed by atoms with Gasteiger partial charge in [-0.25, -0.2) is 0 Å². The molecule has 3 aliphatic heterocycles. The lowest BCUT2D eigenvalue weighted by Gasteiger charge is -2.32. The standard InChI is InChI=1S/C33H36B2O6/c1-30(2)31(3,4)39-34(38-30)22-11-13-24-20(17-22)9-15-26-28(24)29-25-14-12-23(35-40-32(5,6)33(7,8)41-35)18-21(25)10-16-27(29)37-19-36-26/h9-18H,19H2,1-8H3. The van der Waals surface area contributed by atoms with Crippen LogP contribution in [0.1, 0.15) is 55.4 Å². The highest BCUT2D eigenvalue weighted by Gasteiger charge is 2.52. The molecule has 0 aliphatic carbocycles. The average molecular weight is 550 g/mol. The van der Waals surface area contributed by atoms with Gasteiger partial charge < -0.3 is 28.1 Å². The van der Waals surface area contributed by atoms with Gasteiger partial charge in [-0.05, 0) is 100.0 Å². The minimum Gasteiger partial charge on any atom is -0.457 e. The second kappa shape index (κ2) is 8.74. The summed E-state index contributed by atoms with van der Waals surface area (Å²) in [4.78, 5) is 0. The lowest BCUT2D eigenvalue weighted by molar-refractivity contribution is 0.00578. The van der Waals surface area contributed by atoms with Crippen LogP contribution < -0.4 is 20.4 Å². The van der Waals surface area contributed by atoms with Gasteiger partial charge in [0.05, 0.1) is 22.4 Å². The highest BCUT2D eigenvalue weighted by molar-refractivity contribution is 6.63. The first-order valence-corrected chi connectivity index (χ1v) is 14.4. The van der Waals surface area contributed by atoms with Crippen molar-refractivity contribution in [2.45, 2.75) is 77.8 Å². The Bertz CT molecular complexity index is 1550. The number of benzene rings is 4. The van der Waals surface area contributed by atoms with Crippen molar-refractivity contribution < 1.29 is 28.1 Å². The van der Waals surface area contributed by atoms with Crippen molar-refractivity contribution in [3.63, 3.8) is 0 Å². The first kappa shape index (κ1) is 26.8. The van der Waals surface area contributed by atoms with Crippen LogP contribution in [0.4, 0.5) is 0 Å². The van der Waals surface area contributed by atoms with Crippen molar-refractivity contribution in [2.75, 3.05) is 6.79 Å². The third-order valence-electron chi connectivity index (χ3n) is 9.74. The van der Waals surface area contributed by atoms with Gasteiger partial charge in [-0.1, -0.05) is 48.5 Å². The zero-order chi connectivity index (χ0) is 28.9. The van der Waals surface area contributed by atoms with Crippen molar-refractivity contribution in [2.24, 2.45) is 0 Å². The van der Waals surface area contributed by atoms with E-state index in [9.17, 15) is 0 Å². The molecule has 0 N–H and O–H groups in total. The summed E-state index contributed by atoms with van der Waals surface area (Å²) in [7, 11) is -0.853. The van der Waals surface area contributed by atoms with Crippen molar-refractivity contribution in [1.29, 1.82) is 0 Å². The third kappa shape index (κ3) is 4.10. The number of rotatable bonds is 2. The topological polar surface area (TPSA) is 55.4 Å². The van der Waals surface area contributed by atoms with Crippen LogP contribution in [0.25, 0.3) is 32.7 Å². The molecule has 2 saturated heterocycles. The minimum atomic E-state index is -0.427. The van der Waals surface area contributed by atoms with Crippen molar-refractivity contribution in [3.8, 4) is 22.6 Å². The fourth-order valence-corrected chi connectivity index (χ4v) is 5.82. The van der Waals surface area contributed by atoms with Gasteiger partial charge in [0.15, 0.2) is 0 Å². The van der Waals surface area contributed by atoms with Crippen molar-refractivity contribution in [1.82, 2.24) is 0 Å². The molecule has 0 atom stereocenters. The Kier molecular flexibility index (Phi) is 5.72. The van der Waals surface area contributed by atoms with Crippen molar-refractivity contribution in [3.05, 3.63) is 60.7 Å². The van der Waals surface area contributed by atoms with E-state index in [0.29, 0.717) is 0 Å². The fourth-order valence-electron chi connectivity index (χ4n) is 5.82. The monoisotopic (exact) mass is 550 g/mol. The maximum absolute atomic E-state index is 6.34. The van der Waals surface area contributed by atoms with Crippen LogP contribution in [0.15, 0.2) is 60.7 Å². The van der Waals surface area contributed by atoms with Gasteiger partial charge in [-0.3, -0.25) is 0 Å². The summed E-state index contributed by atoms with van der Waals surface area (Å²) in [5.41, 5.74) is 2.42. The zero-order valence-corrected chi connectivity index (χ0v) is 25.1. The van der Waals surface area contributed by atoms with Gasteiger partial charge >= 0.3 is 14.2 Å². The van der Waals surface area contributed by atoms with Gasteiger partial charge in [0.2, 0.25) is 6.79 Å². The van der Waals surface area contributed by atoms with E-state index in [-0.39, 0.29) is 6.79 Å². The molecule has 0 aromatic heterocycles. The van der Waals surface area contributed by atoms with Crippen LogP contribution in [0.2, 0.25) is 0 Å². The molecular formula is C33H36B2O6. The summed E-state index contributed by atoms with van der Waals surface area (Å²) in [6.45, 7) is 16.7. The molecule has 0 saturated carbocycles. The number of hydrogen-bond donors (Lipinski definition) is 0. The summed E-state index contributed by atoms with van der Waals surface area (Å²) >= 11 is 0. The quantitative estimate of drug-likeness (QED) is 0.286. The predicted octanol–water partition coefficient (Wildman–Crippen LogP) is 5.99. The Morgan fingerprint density at radius 1 is 0.488 bits per heavy atom. The van der Waals surface area contributed by atoms with Gasteiger partial charge in [0, 0.05) is 11.1 Å². The predicted molar refractivity (Wildman–Crippen MR) is 164 cm³/mol. The molecule has 4 aromatic carbocycles. The SMILES string of the molecule is CC1(C)OB(c2ccc3c4c(ccc3c2)OCOc2ccc3cc(B5OC(C)(C)C(C)(C)O5)ccc3c2-4)OC1(C)C. The van der Waals surface area contributed by atoms with E-state index < -0.39 is 36.6 Å². The maximum atomic E-state index is 6.34. The average Bonchev–Trinajstić information content (AvgIpc) is 3.16. The van der Waals surface area contributed by atoms with Crippen molar-refractivity contribution >= 4 is 46.7 Å². The molecule has 210 valence electrons. The molecule has 2 fully saturated rings. The number of ether oxygens (including phenoxy) is 2. The lowest BCUT2D eigenvalue weighted by Crippen LogP contribution is -2.41. The van der Waals surface area contributed by atoms with Gasteiger partial charge in [0.1, 0.15) is 11.5 Å². The van der Waals surface area contributed by atoms with E-state index in [0.717, 1.165) is 55.1 Å². The van der Waals surface area contributed by atoms with Crippen LogP contribution >= 0.6 is 0 Å². The summed E-state index contributed by atoms with van der Waals surface area (Å²) in [6.07, 6.45) is 0. The zero-order valence-electron chi connectivity index (χ0n) is 25.1. The van der Waals surface area contributed by atoms with Gasteiger partial charge in [-0.2, -0.15) is 0 Å². The smallest absolute Gasteiger partial charge is 0.457 e. The second-order valence-corrected chi connectivity index (χ2v) is 13.4. The largest absolute Gasteiger partial charge is 0.494 e. The van der Waals surface area contributed by atoms with E-state index in [1.165, 1.54) is 0 Å². The molecule has 0 radical (unpaired) electrons. The molecule has 0 bridgehead atoms. The highest BCUT2D eigenvalue weighted by atomic mass is 16.7. The number of hydrogen-bond acceptors (Lipinski definition) is 6. The molecule has 3 heterocycles. The fraction of sp³-hybridized carbons (Fsp3) is 0.394.